The summed E-state index contributed by atoms with van der Waals surface area (Å²) in [4.78, 5) is 4.31. The second kappa shape index (κ2) is 4.34. The molecule has 0 radical (unpaired) electrons. The molecule has 0 aliphatic rings. The van der Waals surface area contributed by atoms with Crippen LogP contribution in [0.25, 0.3) is 11.3 Å². The molecule has 3 nitrogen and oxygen atoms in total. The number of benzene rings is 1. The third-order valence-electron chi connectivity index (χ3n) is 3.43. The summed E-state index contributed by atoms with van der Waals surface area (Å²) in [5.74, 6) is 0.751. The van der Waals surface area contributed by atoms with Crippen molar-refractivity contribution < 1.29 is 4.42 Å². The maximum atomic E-state index is 5.67. The zero-order valence-electron chi connectivity index (χ0n) is 10.8. The smallest absolute Gasteiger partial charge is 0.181 e. The van der Waals surface area contributed by atoms with E-state index in [2.05, 4.69) is 38.7 Å². The van der Waals surface area contributed by atoms with Crippen LogP contribution in [-0.4, -0.2) is 4.98 Å². The lowest BCUT2D eigenvalue weighted by Gasteiger charge is -2.14. The van der Waals surface area contributed by atoms with Gasteiger partial charge in [0.05, 0.1) is 6.54 Å². The summed E-state index contributed by atoms with van der Waals surface area (Å²) in [6.07, 6.45) is 1.47. The summed E-state index contributed by atoms with van der Waals surface area (Å²) in [6.45, 7) is 8.85. The number of aryl methyl sites for hydroxylation is 2. The second-order valence-corrected chi connectivity index (χ2v) is 4.46. The molecular formula is C14H18N2O. The van der Waals surface area contributed by atoms with Crippen molar-refractivity contribution in [3.05, 3.63) is 40.5 Å². The fourth-order valence-corrected chi connectivity index (χ4v) is 2.19. The fourth-order valence-electron chi connectivity index (χ4n) is 2.19. The lowest BCUT2D eigenvalue weighted by Crippen LogP contribution is -2.01. The van der Waals surface area contributed by atoms with Gasteiger partial charge in [0.15, 0.2) is 6.39 Å². The predicted molar refractivity (Wildman–Crippen MR) is 68.8 cm³/mol. The van der Waals surface area contributed by atoms with Crippen LogP contribution in [-0.2, 0) is 6.54 Å². The van der Waals surface area contributed by atoms with Crippen molar-refractivity contribution in [2.45, 2.75) is 34.2 Å². The Morgan fingerprint density at radius 1 is 1.12 bits per heavy atom. The van der Waals surface area contributed by atoms with E-state index in [-0.39, 0.29) is 0 Å². The van der Waals surface area contributed by atoms with Gasteiger partial charge in [0.1, 0.15) is 11.5 Å². The summed E-state index contributed by atoms with van der Waals surface area (Å²) in [5, 5.41) is 0. The van der Waals surface area contributed by atoms with E-state index in [4.69, 9.17) is 10.2 Å². The van der Waals surface area contributed by atoms with Gasteiger partial charge in [-0.05, 0) is 49.9 Å². The van der Waals surface area contributed by atoms with E-state index in [0.717, 1.165) is 17.0 Å². The van der Waals surface area contributed by atoms with Crippen molar-refractivity contribution in [2.24, 2.45) is 5.73 Å². The Labute approximate surface area is 102 Å². The summed E-state index contributed by atoms with van der Waals surface area (Å²) < 4.78 is 5.32. The monoisotopic (exact) mass is 230 g/mol. The summed E-state index contributed by atoms with van der Waals surface area (Å²) in [7, 11) is 0. The molecule has 2 rings (SSSR count). The van der Waals surface area contributed by atoms with Crippen LogP contribution in [0.15, 0.2) is 16.9 Å². The topological polar surface area (TPSA) is 52.0 Å². The Morgan fingerprint density at radius 3 is 2.24 bits per heavy atom. The van der Waals surface area contributed by atoms with Crippen molar-refractivity contribution in [1.29, 1.82) is 0 Å². The Kier molecular flexibility index (Phi) is 3.03. The van der Waals surface area contributed by atoms with Gasteiger partial charge >= 0.3 is 0 Å². The number of nitrogens with zero attached hydrogens (tertiary/aromatic N) is 1. The Balaban J connectivity index is 2.75. The molecule has 0 saturated heterocycles. The Hall–Kier alpha value is -1.61. The van der Waals surface area contributed by atoms with E-state index in [9.17, 15) is 0 Å². The van der Waals surface area contributed by atoms with Gasteiger partial charge in [0.2, 0.25) is 0 Å². The molecule has 90 valence electrons. The first-order chi connectivity index (χ1) is 8.06. The molecule has 0 aliphatic carbocycles. The van der Waals surface area contributed by atoms with Crippen LogP contribution in [0.3, 0.4) is 0 Å². The normalized spacial score (nSPS) is 10.9. The predicted octanol–water partition coefficient (Wildman–Crippen LogP) is 3.03. The highest BCUT2D eigenvalue weighted by Crippen LogP contribution is 2.32. The molecule has 2 aromatic rings. The van der Waals surface area contributed by atoms with Gasteiger partial charge in [-0.1, -0.05) is 6.07 Å². The van der Waals surface area contributed by atoms with Gasteiger partial charge in [-0.25, -0.2) is 4.98 Å². The number of oxazole rings is 1. The van der Waals surface area contributed by atoms with Crippen molar-refractivity contribution in [3.63, 3.8) is 0 Å². The zero-order chi connectivity index (χ0) is 12.6. The highest BCUT2D eigenvalue weighted by Gasteiger charge is 2.16. The van der Waals surface area contributed by atoms with Crippen LogP contribution < -0.4 is 5.73 Å². The van der Waals surface area contributed by atoms with Crippen LogP contribution in [0.5, 0.6) is 0 Å². The maximum absolute atomic E-state index is 5.67. The van der Waals surface area contributed by atoms with E-state index in [1.54, 1.807) is 0 Å². The molecule has 1 heterocycles. The number of nitrogens with two attached hydrogens (primary N) is 1. The SMILES string of the molecule is Cc1cc(C)c(C)c(-c2ncoc2CN)c1C. The van der Waals surface area contributed by atoms with Gasteiger partial charge < -0.3 is 10.2 Å². The van der Waals surface area contributed by atoms with Crippen molar-refractivity contribution in [2.75, 3.05) is 0 Å². The van der Waals surface area contributed by atoms with Crippen LogP contribution >= 0.6 is 0 Å². The van der Waals surface area contributed by atoms with Gasteiger partial charge in [-0.2, -0.15) is 0 Å². The lowest BCUT2D eigenvalue weighted by molar-refractivity contribution is 0.507. The van der Waals surface area contributed by atoms with Crippen LogP contribution in [0.4, 0.5) is 0 Å². The van der Waals surface area contributed by atoms with Crippen LogP contribution in [0.1, 0.15) is 28.0 Å². The highest BCUT2D eigenvalue weighted by atomic mass is 16.3. The zero-order valence-corrected chi connectivity index (χ0v) is 10.8. The molecule has 17 heavy (non-hydrogen) atoms. The molecule has 0 bridgehead atoms. The molecule has 0 spiro atoms. The molecule has 0 saturated carbocycles. The quantitative estimate of drug-likeness (QED) is 0.862. The number of hydrogen-bond acceptors (Lipinski definition) is 3. The minimum absolute atomic E-state index is 0.376. The minimum atomic E-state index is 0.376. The first-order valence-corrected chi connectivity index (χ1v) is 5.76. The van der Waals surface area contributed by atoms with Crippen LogP contribution in [0, 0.1) is 27.7 Å². The van der Waals surface area contributed by atoms with Crippen molar-refractivity contribution in [3.8, 4) is 11.3 Å². The molecule has 2 N–H and O–H groups in total. The molecule has 0 fully saturated rings. The van der Waals surface area contributed by atoms with Gasteiger partial charge in [0, 0.05) is 5.56 Å². The van der Waals surface area contributed by atoms with Gasteiger partial charge in [-0.3, -0.25) is 0 Å². The summed E-state index contributed by atoms with van der Waals surface area (Å²) in [6, 6.07) is 2.20. The molecule has 0 unspecified atom stereocenters. The Morgan fingerprint density at radius 2 is 1.71 bits per heavy atom. The first-order valence-electron chi connectivity index (χ1n) is 5.76. The molecule has 1 aromatic heterocycles. The van der Waals surface area contributed by atoms with Crippen LogP contribution in [0.2, 0.25) is 0 Å². The average molecular weight is 230 g/mol. The molecule has 3 heteroatoms. The Bertz CT molecular complexity index is 529. The average Bonchev–Trinajstić information content (AvgIpc) is 2.75. The number of aromatic nitrogens is 1. The first kappa shape index (κ1) is 11.9. The van der Waals surface area contributed by atoms with E-state index < -0.39 is 0 Å². The lowest BCUT2D eigenvalue weighted by atomic mass is 9.92. The number of hydrogen-bond donors (Lipinski definition) is 1. The minimum Gasteiger partial charge on any atom is -0.446 e. The van der Waals surface area contributed by atoms with E-state index in [0.29, 0.717) is 6.54 Å². The van der Waals surface area contributed by atoms with Gasteiger partial charge in [-0.15, -0.1) is 0 Å². The third-order valence-corrected chi connectivity index (χ3v) is 3.43. The molecule has 0 atom stereocenters. The molecule has 1 aromatic carbocycles. The van der Waals surface area contributed by atoms with Gasteiger partial charge in [0.25, 0.3) is 0 Å². The molecular weight excluding hydrogens is 212 g/mol. The number of rotatable bonds is 2. The largest absolute Gasteiger partial charge is 0.446 e. The fraction of sp³-hybridized carbons (Fsp3) is 0.357. The third kappa shape index (κ3) is 1.87. The summed E-state index contributed by atoms with van der Waals surface area (Å²) in [5.41, 5.74) is 12.8. The van der Waals surface area contributed by atoms with Crippen molar-refractivity contribution in [1.82, 2.24) is 4.98 Å². The highest BCUT2D eigenvalue weighted by molar-refractivity contribution is 5.71. The summed E-state index contributed by atoms with van der Waals surface area (Å²) >= 11 is 0. The maximum Gasteiger partial charge on any atom is 0.181 e. The van der Waals surface area contributed by atoms with E-state index >= 15 is 0 Å². The molecule has 0 amide bonds. The van der Waals surface area contributed by atoms with Crippen molar-refractivity contribution >= 4 is 0 Å². The standard InChI is InChI=1S/C14H18N2O/c1-8-5-9(2)11(4)13(10(8)3)14-12(6-15)17-7-16-14/h5,7H,6,15H2,1-4H3. The second-order valence-electron chi connectivity index (χ2n) is 4.46. The molecule has 0 aliphatic heterocycles. The van der Waals surface area contributed by atoms with E-state index in [1.807, 2.05) is 0 Å². The van der Waals surface area contributed by atoms with E-state index in [1.165, 1.54) is 28.6 Å².